The zero-order valence-electron chi connectivity index (χ0n) is 17.8. The first-order valence-corrected chi connectivity index (χ1v) is 10.1. The maximum absolute atomic E-state index is 13.5. The minimum Gasteiger partial charge on any atom is -0.496 e. The number of carbonyl (C=O) groups excluding carboxylic acids is 2. The lowest BCUT2D eigenvalue weighted by molar-refractivity contribution is -0.137. The highest BCUT2D eigenvalue weighted by Gasteiger charge is 2.40. The lowest BCUT2D eigenvalue weighted by Crippen LogP contribution is -2.32. The number of nitrogens with zero attached hydrogens (tertiary/aromatic N) is 1. The molecule has 1 heterocycles. The Labute approximate surface area is 182 Å². The fourth-order valence-electron chi connectivity index (χ4n) is 3.89. The first-order chi connectivity index (χ1) is 15.0. The Bertz CT molecular complexity index is 1160. The zero-order valence-corrected chi connectivity index (χ0v) is 17.8. The molecule has 0 fully saturated rings. The van der Waals surface area contributed by atoms with Crippen LogP contribution in [0.1, 0.15) is 22.3 Å². The van der Waals surface area contributed by atoms with Gasteiger partial charge in [0.1, 0.15) is 11.4 Å². The average Bonchev–Trinajstić information content (AvgIpc) is 2.98. The van der Waals surface area contributed by atoms with E-state index in [-0.39, 0.29) is 24.1 Å². The smallest absolute Gasteiger partial charge is 0.278 e. The molecule has 5 heteroatoms. The van der Waals surface area contributed by atoms with E-state index in [0.717, 1.165) is 22.4 Å². The van der Waals surface area contributed by atoms with Crippen LogP contribution in [0, 0.1) is 13.8 Å². The second-order valence-electron chi connectivity index (χ2n) is 7.63. The van der Waals surface area contributed by atoms with E-state index in [1.165, 1.54) is 4.90 Å². The number of rotatable bonds is 6. The molecule has 4 rings (SSSR count). The molecule has 0 unspecified atom stereocenters. The number of para-hydroxylation sites is 1. The highest BCUT2D eigenvalue weighted by molar-refractivity contribution is 6.36. The zero-order chi connectivity index (χ0) is 22.0. The number of amides is 2. The predicted molar refractivity (Wildman–Crippen MR) is 121 cm³/mol. The van der Waals surface area contributed by atoms with E-state index < -0.39 is 0 Å². The molecule has 1 aliphatic heterocycles. The second kappa shape index (κ2) is 8.48. The van der Waals surface area contributed by atoms with Crippen molar-refractivity contribution < 1.29 is 14.3 Å². The lowest BCUT2D eigenvalue weighted by Gasteiger charge is -2.15. The highest BCUT2D eigenvalue weighted by Crippen LogP contribution is 2.36. The summed E-state index contributed by atoms with van der Waals surface area (Å²) in [6, 6.07) is 22.7. The molecule has 31 heavy (non-hydrogen) atoms. The molecule has 156 valence electrons. The summed E-state index contributed by atoms with van der Waals surface area (Å²) in [7, 11) is 1.55. The molecule has 0 bridgehead atoms. The van der Waals surface area contributed by atoms with Gasteiger partial charge in [0.05, 0.1) is 19.2 Å². The third-order valence-electron chi connectivity index (χ3n) is 5.22. The second-order valence-corrected chi connectivity index (χ2v) is 7.63. The van der Waals surface area contributed by atoms with Crippen LogP contribution in [0.15, 0.2) is 78.5 Å². The molecule has 5 nitrogen and oxygen atoms in total. The number of imide groups is 1. The fraction of sp³-hybridized carbons (Fsp3) is 0.154. The summed E-state index contributed by atoms with van der Waals surface area (Å²) in [5, 5.41) is 3.23. The highest BCUT2D eigenvalue weighted by atomic mass is 16.5. The molecule has 3 aromatic rings. The Morgan fingerprint density at radius 3 is 2.16 bits per heavy atom. The van der Waals surface area contributed by atoms with Gasteiger partial charge < -0.3 is 10.1 Å². The van der Waals surface area contributed by atoms with Gasteiger partial charge in [-0.15, -0.1) is 0 Å². The monoisotopic (exact) mass is 412 g/mol. The van der Waals surface area contributed by atoms with Gasteiger partial charge in [-0.05, 0) is 48.7 Å². The minimum absolute atomic E-state index is 0.204. The number of aryl methyl sites for hydroxylation is 2. The van der Waals surface area contributed by atoms with Crippen LogP contribution in [0.3, 0.4) is 0 Å². The Kier molecular flexibility index (Phi) is 5.58. The molecule has 1 aliphatic rings. The third kappa shape index (κ3) is 4.08. The Balaban J connectivity index is 1.80. The Hall–Kier alpha value is -3.86. The Morgan fingerprint density at radius 2 is 1.48 bits per heavy atom. The van der Waals surface area contributed by atoms with Gasteiger partial charge in [-0.1, -0.05) is 54.6 Å². The number of hydrogen-bond acceptors (Lipinski definition) is 4. The summed E-state index contributed by atoms with van der Waals surface area (Å²) >= 11 is 0. The molecule has 0 spiro atoms. The van der Waals surface area contributed by atoms with Gasteiger partial charge >= 0.3 is 0 Å². The average molecular weight is 412 g/mol. The van der Waals surface area contributed by atoms with E-state index in [1.54, 1.807) is 19.2 Å². The summed E-state index contributed by atoms with van der Waals surface area (Å²) in [6.45, 7) is 4.20. The standard InChI is InChI=1S/C26H24N2O3/c1-17-13-18(2)15-20(14-17)27-24-23(21-11-7-8-12-22(21)31-3)25(29)28(26(24)30)16-19-9-5-4-6-10-19/h4-15,27H,16H2,1-3H3. The minimum atomic E-state index is -0.353. The van der Waals surface area contributed by atoms with E-state index in [0.29, 0.717) is 16.9 Å². The fourth-order valence-corrected chi connectivity index (χ4v) is 3.89. The number of carbonyl (C=O) groups is 2. The quantitative estimate of drug-likeness (QED) is 0.596. The molecule has 0 aliphatic carbocycles. The van der Waals surface area contributed by atoms with Gasteiger partial charge in [0.15, 0.2) is 0 Å². The summed E-state index contributed by atoms with van der Waals surface area (Å²) in [5.74, 6) is -0.154. The van der Waals surface area contributed by atoms with Crippen molar-refractivity contribution in [2.75, 3.05) is 12.4 Å². The van der Waals surface area contributed by atoms with Crippen LogP contribution < -0.4 is 10.1 Å². The third-order valence-corrected chi connectivity index (χ3v) is 5.22. The SMILES string of the molecule is COc1ccccc1C1=C(Nc2cc(C)cc(C)c2)C(=O)N(Cc2ccccc2)C1=O. The van der Waals surface area contributed by atoms with Gasteiger partial charge in [-0.3, -0.25) is 14.5 Å². The number of ether oxygens (including phenoxy) is 1. The topological polar surface area (TPSA) is 58.6 Å². The van der Waals surface area contributed by atoms with Gasteiger partial charge in [0.2, 0.25) is 0 Å². The van der Waals surface area contributed by atoms with Crippen molar-refractivity contribution in [3.05, 3.63) is 101 Å². The lowest BCUT2D eigenvalue weighted by atomic mass is 10.0. The number of nitrogens with one attached hydrogen (secondary N) is 1. The Morgan fingerprint density at radius 1 is 0.839 bits per heavy atom. The first-order valence-electron chi connectivity index (χ1n) is 10.1. The molecular weight excluding hydrogens is 388 g/mol. The largest absolute Gasteiger partial charge is 0.496 e. The van der Waals surface area contributed by atoms with E-state index in [2.05, 4.69) is 11.4 Å². The van der Waals surface area contributed by atoms with Crippen molar-refractivity contribution in [1.29, 1.82) is 0 Å². The maximum atomic E-state index is 13.5. The predicted octanol–water partition coefficient (Wildman–Crippen LogP) is 4.70. The van der Waals surface area contributed by atoms with Gasteiger partial charge in [0.25, 0.3) is 11.8 Å². The summed E-state index contributed by atoms with van der Waals surface area (Å²) < 4.78 is 5.49. The molecule has 3 aromatic carbocycles. The molecule has 0 saturated carbocycles. The molecular formula is C26H24N2O3. The normalized spacial score (nSPS) is 13.7. The number of hydrogen-bond donors (Lipinski definition) is 1. The number of methoxy groups -OCH3 is 1. The van der Waals surface area contributed by atoms with Crippen LogP contribution in [-0.2, 0) is 16.1 Å². The van der Waals surface area contributed by atoms with Gasteiger partial charge in [-0.25, -0.2) is 0 Å². The molecule has 0 radical (unpaired) electrons. The van der Waals surface area contributed by atoms with Crippen molar-refractivity contribution >= 4 is 23.1 Å². The van der Waals surface area contributed by atoms with Crippen LogP contribution in [0.2, 0.25) is 0 Å². The van der Waals surface area contributed by atoms with E-state index in [9.17, 15) is 9.59 Å². The van der Waals surface area contributed by atoms with Crippen LogP contribution in [0.4, 0.5) is 5.69 Å². The van der Waals surface area contributed by atoms with E-state index >= 15 is 0 Å². The molecule has 0 saturated heterocycles. The first kappa shape index (κ1) is 20.4. The van der Waals surface area contributed by atoms with E-state index in [1.807, 2.05) is 68.4 Å². The van der Waals surface area contributed by atoms with Crippen LogP contribution in [-0.4, -0.2) is 23.8 Å². The summed E-state index contributed by atoms with van der Waals surface area (Å²) in [4.78, 5) is 28.2. The van der Waals surface area contributed by atoms with Crippen molar-refractivity contribution in [1.82, 2.24) is 4.90 Å². The van der Waals surface area contributed by atoms with Gasteiger partial charge in [0, 0.05) is 11.3 Å². The van der Waals surface area contributed by atoms with Crippen LogP contribution in [0.25, 0.3) is 5.57 Å². The maximum Gasteiger partial charge on any atom is 0.278 e. The van der Waals surface area contributed by atoms with Crippen LogP contribution in [0.5, 0.6) is 5.75 Å². The van der Waals surface area contributed by atoms with Crippen molar-refractivity contribution in [2.24, 2.45) is 0 Å². The molecule has 1 N–H and O–H groups in total. The number of benzene rings is 3. The molecule has 2 amide bonds. The summed E-state index contributed by atoms with van der Waals surface area (Å²) in [5.41, 5.74) is 4.96. The van der Waals surface area contributed by atoms with Crippen molar-refractivity contribution in [2.45, 2.75) is 20.4 Å². The van der Waals surface area contributed by atoms with Crippen molar-refractivity contribution in [3.63, 3.8) is 0 Å². The van der Waals surface area contributed by atoms with Gasteiger partial charge in [-0.2, -0.15) is 0 Å². The molecule has 0 aromatic heterocycles. The van der Waals surface area contributed by atoms with Crippen LogP contribution >= 0.6 is 0 Å². The van der Waals surface area contributed by atoms with Crippen molar-refractivity contribution in [3.8, 4) is 5.75 Å². The number of anilines is 1. The van der Waals surface area contributed by atoms with E-state index in [4.69, 9.17) is 4.74 Å². The molecule has 0 atom stereocenters. The summed E-state index contributed by atoms with van der Waals surface area (Å²) in [6.07, 6.45) is 0.